The molecule has 0 aromatic heterocycles. The van der Waals surface area contributed by atoms with Crippen LogP contribution in [0.2, 0.25) is 0 Å². The van der Waals surface area contributed by atoms with Gasteiger partial charge in [-0.05, 0) is 24.5 Å². The van der Waals surface area contributed by atoms with E-state index in [0.29, 0.717) is 5.06 Å². The molecule has 6 nitrogen and oxygen atoms in total. The summed E-state index contributed by atoms with van der Waals surface area (Å²) < 4.78 is 30.3. The molecule has 0 amide bonds. The Labute approximate surface area is 117 Å². The highest BCUT2D eigenvalue weighted by molar-refractivity contribution is 7.93. The largest absolute Gasteiger partial charge is 0.467 e. The lowest BCUT2D eigenvalue weighted by Crippen LogP contribution is -2.55. The maximum absolute atomic E-state index is 12.8. The van der Waals surface area contributed by atoms with E-state index in [1.165, 1.54) is 12.1 Å². The maximum Gasteiger partial charge on any atom is 0.344 e. The summed E-state index contributed by atoms with van der Waals surface area (Å²) in [7, 11) is -2.98. The number of sulfone groups is 1. The van der Waals surface area contributed by atoms with Gasteiger partial charge in [0.2, 0.25) is 14.7 Å². The van der Waals surface area contributed by atoms with E-state index in [9.17, 15) is 18.4 Å². The fourth-order valence-corrected chi connectivity index (χ4v) is 4.65. The van der Waals surface area contributed by atoms with Crippen LogP contribution in [0.1, 0.15) is 13.3 Å². The summed E-state index contributed by atoms with van der Waals surface area (Å²) in [4.78, 5) is 10.0. The first kappa shape index (κ1) is 15.0. The number of rotatable bonds is 3. The minimum absolute atomic E-state index is 0.00655. The molecule has 0 aliphatic carbocycles. The van der Waals surface area contributed by atoms with E-state index >= 15 is 0 Å². The molecule has 110 valence electrons. The topological polar surface area (TPSA) is 83.9 Å². The van der Waals surface area contributed by atoms with Crippen molar-refractivity contribution in [2.45, 2.75) is 23.1 Å². The molecule has 1 aliphatic heterocycles. The fourth-order valence-electron chi connectivity index (χ4n) is 2.59. The number of hydrogen-bond donors (Lipinski definition) is 1. The van der Waals surface area contributed by atoms with Crippen molar-refractivity contribution in [2.24, 2.45) is 5.92 Å². The van der Waals surface area contributed by atoms with Gasteiger partial charge in [0.1, 0.15) is 0 Å². The molecule has 7 heteroatoms. The molecule has 0 radical (unpaired) electrons. The number of methoxy groups -OCH3 is 1. The molecule has 1 aromatic rings. The third-order valence-corrected chi connectivity index (χ3v) is 5.86. The van der Waals surface area contributed by atoms with E-state index in [2.05, 4.69) is 4.74 Å². The molecule has 0 bridgehead atoms. The van der Waals surface area contributed by atoms with Crippen molar-refractivity contribution in [3.8, 4) is 0 Å². The van der Waals surface area contributed by atoms with Gasteiger partial charge in [-0.25, -0.2) is 13.2 Å². The predicted octanol–water partition coefficient (Wildman–Crippen LogP) is 1.06. The molecule has 0 spiro atoms. The zero-order valence-corrected chi connectivity index (χ0v) is 12.1. The molecule has 1 N–H and O–H groups in total. The van der Waals surface area contributed by atoms with Gasteiger partial charge in [-0.15, -0.1) is 0 Å². The predicted molar refractivity (Wildman–Crippen MR) is 70.6 cm³/mol. The minimum Gasteiger partial charge on any atom is -0.467 e. The Morgan fingerprint density at radius 2 is 2.00 bits per heavy atom. The Balaban J connectivity index is 2.62. The number of nitrogens with zero attached hydrogens (tertiary/aromatic N) is 1. The molecule has 1 heterocycles. The Morgan fingerprint density at radius 1 is 1.40 bits per heavy atom. The van der Waals surface area contributed by atoms with Crippen molar-refractivity contribution in [2.75, 3.05) is 13.7 Å². The van der Waals surface area contributed by atoms with Gasteiger partial charge in [0.25, 0.3) is 0 Å². The summed E-state index contributed by atoms with van der Waals surface area (Å²) in [5, 5.41) is 10.7. The van der Waals surface area contributed by atoms with Crippen LogP contribution >= 0.6 is 0 Å². The third kappa shape index (κ3) is 2.02. The molecule has 1 aliphatic rings. The summed E-state index contributed by atoms with van der Waals surface area (Å²) in [6.07, 6.45) is -0.00655. The molecule has 1 aromatic carbocycles. The molecule has 20 heavy (non-hydrogen) atoms. The molecular formula is C13H17NO5S. The zero-order valence-electron chi connectivity index (χ0n) is 11.3. The van der Waals surface area contributed by atoms with Gasteiger partial charge >= 0.3 is 5.97 Å². The van der Waals surface area contributed by atoms with Crippen molar-refractivity contribution in [3.63, 3.8) is 0 Å². The van der Waals surface area contributed by atoms with Gasteiger partial charge in [0, 0.05) is 6.54 Å². The van der Waals surface area contributed by atoms with Crippen molar-refractivity contribution in [1.82, 2.24) is 5.06 Å². The lowest BCUT2D eigenvalue weighted by Gasteiger charge is -2.30. The standard InChI is InChI=1S/C13H17NO5S/c1-10-8-13(12(15)19-2,14(16)9-10)20(17,18)11-6-4-3-5-7-11/h3-7,10,16H,8-9H2,1-2H3/t10-,13-/m1/s1. The average molecular weight is 299 g/mol. The average Bonchev–Trinajstić information content (AvgIpc) is 2.75. The molecular weight excluding hydrogens is 282 g/mol. The summed E-state index contributed by atoms with van der Waals surface area (Å²) in [6, 6.07) is 7.61. The van der Waals surface area contributed by atoms with Crippen LogP contribution in [0.25, 0.3) is 0 Å². The second-order valence-corrected chi connectivity index (χ2v) is 7.14. The number of benzene rings is 1. The number of carbonyl (C=O) groups is 1. The molecule has 2 atom stereocenters. The Morgan fingerprint density at radius 3 is 2.45 bits per heavy atom. The zero-order chi connectivity index (χ0) is 15.0. The van der Waals surface area contributed by atoms with Crippen LogP contribution in [0.5, 0.6) is 0 Å². The quantitative estimate of drug-likeness (QED) is 0.840. The Bertz CT molecular complexity index is 600. The Kier molecular flexibility index (Phi) is 3.86. The second-order valence-electron chi connectivity index (χ2n) is 4.98. The summed E-state index contributed by atoms with van der Waals surface area (Å²) >= 11 is 0. The van der Waals surface area contributed by atoms with E-state index < -0.39 is 20.7 Å². The third-order valence-electron chi connectivity index (χ3n) is 3.53. The van der Waals surface area contributed by atoms with Crippen LogP contribution in [0.15, 0.2) is 35.2 Å². The lowest BCUT2D eigenvalue weighted by atomic mass is 10.1. The van der Waals surface area contributed by atoms with E-state index in [4.69, 9.17) is 0 Å². The van der Waals surface area contributed by atoms with Crippen LogP contribution in [0.4, 0.5) is 0 Å². The van der Waals surface area contributed by atoms with Crippen LogP contribution in [-0.2, 0) is 19.4 Å². The van der Waals surface area contributed by atoms with Gasteiger partial charge in [0.05, 0.1) is 12.0 Å². The van der Waals surface area contributed by atoms with Gasteiger partial charge in [-0.3, -0.25) is 0 Å². The van der Waals surface area contributed by atoms with E-state index in [1.807, 2.05) is 0 Å². The number of ether oxygens (including phenoxy) is 1. The highest BCUT2D eigenvalue weighted by Crippen LogP contribution is 2.40. The molecule has 0 saturated carbocycles. The SMILES string of the molecule is COC(=O)[C@]1(S(=O)(=O)c2ccccc2)C[C@@H](C)CN1O. The highest BCUT2D eigenvalue weighted by atomic mass is 32.2. The summed E-state index contributed by atoms with van der Waals surface area (Å²) in [5.74, 6) is -1.11. The fraction of sp³-hybridized carbons (Fsp3) is 0.462. The van der Waals surface area contributed by atoms with E-state index in [-0.39, 0.29) is 23.8 Å². The van der Waals surface area contributed by atoms with Crippen LogP contribution in [0, 0.1) is 5.92 Å². The van der Waals surface area contributed by atoms with Crippen molar-refractivity contribution in [3.05, 3.63) is 30.3 Å². The smallest absolute Gasteiger partial charge is 0.344 e. The highest BCUT2D eigenvalue weighted by Gasteiger charge is 2.61. The molecule has 2 rings (SSSR count). The van der Waals surface area contributed by atoms with Crippen LogP contribution < -0.4 is 0 Å². The first-order valence-electron chi connectivity index (χ1n) is 6.21. The molecule has 0 unspecified atom stereocenters. The van der Waals surface area contributed by atoms with Crippen LogP contribution in [-0.4, -0.2) is 43.2 Å². The van der Waals surface area contributed by atoms with Crippen LogP contribution in [0.3, 0.4) is 0 Å². The van der Waals surface area contributed by atoms with Gasteiger partial charge < -0.3 is 9.94 Å². The maximum atomic E-state index is 12.8. The monoisotopic (exact) mass is 299 g/mol. The number of carbonyl (C=O) groups excluding carboxylic acids is 1. The van der Waals surface area contributed by atoms with Crippen molar-refractivity contribution >= 4 is 15.8 Å². The van der Waals surface area contributed by atoms with E-state index in [0.717, 1.165) is 7.11 Å². The van der Waals surface area contributed by atoms with E-state index in [1.54, 1.807) is 25.1 Å². The van der Waals surface area contributed by atoms with Gasteiger partial charge in [0.15, 0.2) is 0 Å². The van der Waals surface area contributed by atoms with Crippen molar-refractivity contribution in [1.29, 1.82) is 0 Å². The van der Waals surface area contributed by atoms with Gasteiger partial charge in [-0.2, -0.15) is 5.06 Å². The number of esters is 1. The summed E-state index contributed by atoms with van der Waals surface area (Å²) in [6.45, 7) is 1.87. The lowest BCUT2D eigenvalue weighted by molar-refractivity contribution is -0.171. The summed E-state index contributed by atoms with van der Waals surface area (Å²) in [5.41, 5.74) is 0. The van der Waals surface area contributed by atoms with Gasteiger partial charge in [-0.1, -0.05) is 25.1 Å². The first-order valence-corrected chi connectivity index (χ1v) is 7.69. The normalized spacial score (nSPS) is 27.4. The second kappa shape index (κ2) is 5.16. The molecule has 1 fully saturated rings. The number of hydrogen-bond acceptors (Lipinski definition) is 6. The number of hydroxylamine groups is 2. The molecule has 1 saturated heterocycles. The Hall–Kier alpha value is -1.44. The van der Waals surface area contributed by atoms with Crippen molar-refractivity contribution < 1.29 is 23.2 Å². The first-order chi connectivity index (χ1) is 9.36. The minimum atomic E-state index is -4.09.